The van der Waals surface area contributed by atoms with Crippen LogP contribution in [0.25, 0.3) is 0 Å². The lowest BCUT2D eigenvalue weighted by Gasteiger charge is -2.27. The Balaban J connectivity index is 2.57. The fourth-order valence-corrected chi connectivity index (χ4v) is 2.46. The molecule has 0 aromatic heterocycles. The number of rotatable bonds is 5. The van der Waals surface area contributed by atoms with E-state index < -0.39 is 11.4 Å². The first-order valence-corrected chi connectivity index (χ1v) is 6.01. The highest BCUT2D eigenvalue weighted by molar-refractivity contribution is 5.74. The molecule has 0 bridgehead atoms. The van der Waals surface area contributed by atoms with Crippen LogP contribution in [-0.4, -0.2) is 35.1 Å². The smallest absolute Gasteiger partial charge is 0.310 e. The molecule has 2 atom stereocenters. The van der Waals surface area contributed by atoms with E-state index in [9.17, 15) is 4.79 Å². The van der Waals surface area contributed by atoms with Crippen molar-refractivity contribution in [3.05, 3.63) is 0 Å². The molecule has 1 aliphatic rings. The molecule has 88 valence electrons. The van der Waals surface area contributed by atoms with Crippen LogP contribution in [0.1, 0.15) is 46.5 Å². The summed E-state index contributed by atoms with van der Waals surface area (Å²) in [5.41, 5.74) is -0.513. The normalized spacial score (nSPS) is 29.3. The molecule has 0 aliphatic carbocycles. The maximum absolute atomic E-state index is 11.1. The third kappa shape index (κ3) is 2.71. The van der Waals surface area contributed by atoms with Crippen LogP contribution in [0.3, 0.4) is 0 Å². The number of nitrogens with zero attached hydrogens (tertiary/aromatic N) is 1. The van der Waals surface area contributed by atoms with Gasteiger partial charge in [-0.2, -0.15) is 0 Å². The van der Waals surface area contributed by atoms with Gasteiger partial charge in [-0.15, -0.1) is 0 Å². The number of carboxylic acids is 1. The first-order chi connectivity index (χ1) is 7.03. The van der Waals surface area contributed by atoms with Crippen LogP contribution in [0.15, 0.2) is 0 Å². The van der Waals surface area contributed by atoms with Gasteiger partial charge in [0.2, 0.25) is 0 Å². The second-order valence-corrected chi connectivity index (χ2v) is 4.94. The van der Waals surface area contributed by atoms with Crippen molar-refractivity contribution in [1.29, 1.82) is 0 Å². The quantitative estimate of drug-likeness (QED) is 0.762. The SMILES string of the molecule is CCCC(CC)N1CCC(C)(C(=O)O)C1. The van der Waals surface area contributed by atoms with Crippen molar-refractivity contribution in [2.45, 2.75) is 52.5 Å². The third-order valence-electron chi connectivity index (χ3n) is 3.63. The number of carbonyl (C=O) groups is 1. The van der Waals surface area contributed by atoms with Crippen molar-refractivity contribution < 1.29 is 9.90 Å². The summed E-state index contributed by atoms with van der Waals surface area (Å²) < 4.78 is 0. The third-order valence-corrected chi connectivity index (χ3v) is 3.63. The zero-order valence-electron chi connectivity index (χ0n) is 10.1. The standard InChI is InChI=1S/C12H23NO2/c1-4-6-10(5-2)13-8-7-12(3,9-13)11(14)15/h10H,4-9H2,1-3H3,(H,14,15). The van der Waals surface area contributed by atoms with Crippen LogP contribution in [0.4, 0.5) is 0 Å². The Hall–Kier alpha value is -0.570. The van der Waals surface area contributed by atoms with E-state index in [0.717, 1.165) is 25.9 Å². The number of likely N-dealkylation sites (tertiary alicyclic amines) is 1. The first-order valence-electron chi connectivity index (χ1n) is 6.01. The van der Waals surface area contributed by atoms with Crippen molar-refractivity contribution in [2.24, 2.45) is 5.41 Å². The maximum atomic E-state index is 11.1. The Morgan fingerprint density at radius 3 is 2.60 bits per heavy atom. The minimum Gasteiger partial charge on any atom is -0.481 e. The number of hydrogen-bond donors (Lipinski definition) is 1. The Bertz CT molecular complexity index is 230. The first kappa shape index (κ1) is 12.5. The predicted molar refractivity (Wildman–Crippen MR) is 60.9 cm³/mol. The Labute approximate surface area is 92.5 Å². The second-order valence-electron chi connectivity index (χ2n) is 4.94. The molecule has 1 aliphatic heterocycles. The van der Waals surface area contributed by atoms with Gasteiger partial charge >= 0.3 is 5.97 Å². The molecule has 1 saturated heterocycles. The van der Waals surface area contributed by atoms with Crippen molar-refractivity contribution in [3.8, 4) is 0 Å². The molecular weight excluding hydrogens is 190 g/mol. The van der Waals surface area contributed by atoms with E-state index in [1.807, 2.05) is 6.92 Å². The molecule has 2 unspecified atom stereocenters. The van der Waals surface area contributed by atoms with Gasteiger partial charge in [0.25, 0.3) is 0 Å². The van der Waals surface area contributed by atoms with Gasteiger partial charge in [-0.05, 0) is 32.7 Å². The molecule has 0 saturated carbocycles. The summed E-state index contributed by atoms with van der Waals surface area (Å²) in [6.45, 7) is 7.92. The molecule has 0 aromatic rings. The van der Waals surface area contributed by atoms with E-state index in [4.69, 9.17) is 5.11 Å². The van der Waals surface area contributed by atoms with Gasteiger partial charge in [0.15, 0.2) is 0 Å². The molecule has 1 rings (SSSR count). The zero-order valence-corrected chi connectivity index (χ0v) is 10.1. The minimum atomic E-state index is -0.642. The highest BCUT2D eigenvalue weighted by Gasteiger charge is 2.41. The Kier molecular flexibility index (Phi) is 4.14. The van der Waals surface area contributed by atoms with Crippen LogP contribution in [0, 0.1) is 5.41 Å². The monoisotopic (exact) mass is 213 g/mol. The van der Waals surface area contributed by atoms with Crippen molar-refractivity contribution in [3.63, 3.8) is 0 Å². The van der Waals surface area contributed by atoms with Gasteiger partial charge in [0.1, 0.15) is 0 Å². The Morgan fingerprint density at radius 2 is 2.20 bits per heavy atom. The van der Waals surface area contributed by atoms with Gasteiger partial charge < -0.3 is 5.11 Å². The lowest BCUT2D eigenvalue weighted by Crippen LogP contribution is -2.37. The number of carboxylic acid groups (broad SMARTS) is 1. The van der Waals surface area contributed by atoms with E-state index in [-0.39, 0.29) is 0 Å². The van der Waals surface area contributed by atoms with Gasteiger partial charge in [-0.3, -0.25) is 9.69 Å². The zero-order chi connectivity index (χ0) is 11.5. The average Bonchev–Trinajstić information content (AvgIpc) is 2.59. The maximum Gasteiger partial charge on any atom is 0.310 e. The lowest BCUT2D eigenvalue weighted by atomic mass is 9.90. The summed E-state index contributed by atoms with van der Waals surface area (Å²) in [5.74, 6) is -0.642. The molecule has 0 aromatic carbocycles. The summed E-state index contributed by atoms with van der Waals surface area (Å²) in [6.07, 6.45) is 4.29. The van der Waals surface area contributed by atoms with Crippen molar-refractivity contribution >= 4 is 5.97 Å². The topological polar surface area (TPSA) is 40.5 Å². The van der Waals surface area contributed by atoms with Crippen LogP contribution < -0.4 is 0 Å². The molecule has 0 amide bonds. The van der Waals surface area contributed by atoms with Gasteiger partial charge in [-0.25, -0.2) is 0 Å². The van der Waals surface area contributed by atoms with Crippen molar-refractivity contribution in [1.82, 2.24) is 4.90 Å². The Morgan fingerprint density at radius 1 is 1.53 bits per heavy atom. The fourth-order valence-electron chi connectivity index (χ4n) is 2.46. The molecule has 1 fully saturated rings. The molecule has 0 spiro atoms. The summed E-state index contributed by atoms with van der Waals surface area (Å²) >= 11 is 0. The molecular formula is C12H23NO2. The molecule has 1 N–H and O–H groups in total. The fraction of sp³-hybridized carbons (Fsp3) is 0.917. The van der Waals surface area contributed by atoms with Crippen LogP contribution in [0.5, 0.6) is 0 Å². The predicted octanol–water partition coefficient (Wildman–Crippen LogP) is 2.36. The van der Waals surface area contributed by atoms with E-state index in [0.29, 0.717) is 6.04 Å². The largest absolute Gasteiger partial charge is 0.481 e. The highest BCUT2D eigenvalue weighted by atomic mass is 16.4. The van der Waals surface area contributed by atoms with E-state index >= 15 is 0 Å². The second kappa shape index (κ2) is 4.97. The summed E-state index contributed by atoms with van der Waals surface area (Å²) in [7, 11) is 0. The van der Waals surface area contributed by atoms with E-state index in [1.165, 1.54) is 12.8 Å². The molecule has 3 nitrogen and oxygen atoms in total. The summed E-state index contributed by atoms with van der Waals surface area (Å²) in [4.78, 5) is 13.5. The van der Waals surface area contributed by atoms with Gasteiger partial charge in [0.05, 0.1) is 5.41 Å². The molecule has 0 radical (unpaired) electrons. The van der Waals surface area contributed by atoms with E-state index in [1.54, 1.807) is 0 Å². The van der Waals surface area contributed by atoms with Gasteiger partial charge in [-0.1, -0.05) is 20.3 Å². The summed E-state index contributed by atoms with van der Waals surface area (Å²) in [5, 5.41) is 9.15. The molecule has 1 heterocycles. The van der Waals surface area contributed by atoms with Crippen molar-refractivity contribution in [2.75, 3.05) is 13.1 Å². The van der Waals surface area contributed by atoms with E-state index in [2.05, 4.69) is 18.7 Å². The van der Waals surface area contributed by atoms with Crippen LogP contribution in [0.2, 0.25) is 0 Å². The minimum absolute atomic E-state index is 0.513. The van der Waals surface area contributed by atoms with Gasteiger partial charge in [0, 0.05) is 12.6 Å². The molecule has 3 heteroatoms. The molecule has 15 heavy (non-hydrogen) atoms. The van der Waals surface area contributed by atoms with Crippen LogP contribution >= 0.6 is 0 Å². The summed E-state index contributed by atoms with van der Waals surface area (Å²) in [6, 6.07) is 0.580. The number of aliphatic carboxylic acids is 1. The van der Waals surface area contributed by atoms with Crippen LogP contribution in [-0.2, 0) is 4.79 Å². The lowest BCUT2D eigenvalue weighted by molar-refractivity contribution is -0.147. The average molecular weight is 213 g/mol. The number of hydrogen-bond acceptors (Lipinski definition) is 2. The highest BCUT2D eigenvalue weighted by Crippen LogP contribution is 2.32.